The lowest BCUT2D eigenvalue weighted by molar-refractivity contribution is 0.848. The van der Waals surface area contributed by atoms with E-state index in [2.05, 4.69) is 22.1 Å². The number of nitrogens with one attached hydrogen (secondary N) is 1. The summed E-state index contributed by atoms with van der Waals surface area (Å²) in [5.41, 5.74) is 6.29. The number of nitrogens with zero attached hydrogens (tertiary/aromatic N) is 2. The van der Waals surface area contributed by atoms with Crippen LogP contribution in [0.3, 0.4) is 0 Å². The van der Waals surface area contributed by atoms with Crippen molar-refractivity contribution in [3.63, 3.8) is 0 Å². The molecule has 2 rings (SSSR count). The largest absolute Gasteiger partial charge is 0.404 e. The molecule has 0 spiro atoms. The fraction of sp³-hybridized carbons (Fsp3) is 0.556. The van der Waals surface area contributed by atoms with Gasteiger partial charge in [-0.15, -0.1) is 0 Å². The standard InChI is InChI=1S/C9H14N4/c1-5-3-7(5)9-11-8(12-13-9)6(2)4-10/h4-5,7H,3,10H2,1-2H3,(H,11,12,13)/b6-4-. The van der Waals surface area contributed by atoms with Crippen LogP contribution in [0.25, 0.3) is 5.57 Å². The van der Waals surface area contributed by atoms with Gasteiger partial charge in [-0.25, -0.2) is 4.98 Å². The van der Waals surface area contributed by atoms with Crippen LogP contribution >= 0.6 is 0 Å². The van der Waals surface area contributed by atoms with Crippen LogP contribution in [0.1, 0.15) is 37.8 Å². The Morgan fingerprint density at radius 3 is 2.92 bits per heavy atom. The minimum atomic E-state index is 0.590. The van der Waals surface area contributed by atoms with Crippen LogP contribution in [-0.4, -0.2) is 15.2 Å². The molecule has 1 aromatic heterocycles. The van der Waals surface area contributed by atoms with Gasteiger partial charge in [0, 0.05) is 17.7 Å². The SMILES string of the molecule is C/C(=C/N)c1n[nH]c(C2CC2C)n1. The topological polar surface area (TPSA) is 67.6 Å². The molecule has 1 fully saturated rings. The summed E-state index contributed by atoms with van der Waals surface area (Å²) in [6, 6.07) is 0. The zero-order valence-electron chi connectivity index (χ0n) is 7.91. The van der Waals surface area contributed by atoms with E-state index in [0.717, 1.165) is 23.1 Å². The van der Waals surface area contributed by atoms with Gasteiger partial charge < -0.3 is 5.73 Å². The average molecular weight is 178 g/mol. The van der Waals surface area contributed by atoms with E-state index in [1.54, 1.807) is 0 Å². The fourth-order valence-corrected chi connectivity index (χ4v) is 1.39. The van der Waals surface area contributed by atoms with Crippen molar-refractivity contribution in [1.82, 2.24) is 15.2 Å². The highest BCUT2D eigenvalue weighted by Gasteiger charge is 2.36. The molecule has 4 nitrogen and oxygen atoms in total. The number of aromatic nitrogens is 3. The lowest BCUT2D eigenvalue weighted by Gasteiger charge is -1.89. The van der Waals surface area contributed by atoms with Gasteiger partial charge in [0.25, 0.3) is 0 Å². The van der Waals surface area contributed by atoms with Crippen molar-refractivity contribution in [3.8, 4) is 0 Å². The Morgan fingerprint density at radius 2 is 2.38 bits per heavy atom. The first-order valence-corrected chi connectivity index (χ1v) is 4.53. The lowest BCUT2D eigenvalue weighted by atomic mass is 10.3. The van der Waals surface area contributed by atoms with Crippen molar-refractivity contribution >= 4 is 5.57 Å². The lowest BCUT2D eigenvalue weighted by Crippen LogP contribution is -1.88. The second kappa shape index (κ2) is 2.87. The van der Waals surface area contributed by atoms with Crippen molar-refractivity contribution in [2.75, 3.05) is 0 Å². The fourth-order valence-electron chi connectivity index (χ4n) is 1.39. The second-order valence-corrected chi connectivity index (χ2v) is 3.71. The number of allylic oxidation sites excluding steroid dienone is 1. The minimum absolute atomic E-state index is 0.590. The molecule has 70 valence electrons. The highest BCUT2D eigenvalue weighted by atomic mass is 15.2. The van der Waals surface area contributed by atoms with Crippen LogP contribution in [0.5, 0.6) is 0 Å². The summed E-state index contributed by atoms with van der Waals surface area (Å²) in [4.78, 5) is 4.38. The first-order chi connectivity index (χ1) is 6.22. The van der Waals surface area contributed by atoms with E-state index in [1.807, 2.05) is 6.92 Å². The molecule has 0 amide bonds. The van der Waals surface area contributed by atoms with Crippen molar-refractivity contribution in [2.24, 2.45) is 11.7 Å². The Morgan fingerprint density at radius 1 is 1.69 bits per heavy atom. The summed E-state index contributed by atoms with van der Waals surface area (Å²) in [6.07, 6.45) is 2.75. The van der Waals surface area contributed by atoms with Crippen LogP contribution in [-0.2, 0) is 0 Å². The average Bonchev–Trinajstić information content (AvgIpc) is 2.70. The predicted octanol–water partition coefficient (Wildman–Crippen LogP) is 1.25. The molecule has 4 heteroatoms. The van der Waals surface area contributed by atoms with Gasteiger partial charge in [0.2, 0.25) is 0 Å². The molecule has 1 aromatic rings. The Bertz CT molecular complexity index is 339. The molecule has 1 aliphatic carbocycles. The summed E-state index contributed by atoms with van der Waals surface area (Å²) in [7, 11) is 0. The maximum Gasteiger partial charge on any atom is 0.178 e. The Balaban J connectivity index is 2.19. The smallest absolute Gasteiger partial charge is 0.178 e. The molecule has 1 aliphatic rings. The molecule has 3 N–H and O–H groups in total. The van der Waals surface area contributed by atoms with Gasteiger partial charge >= 0.3 is 0 Å². The maximum atomic E-state index is 5.38. The molecule has 2 atom stereocenters. The third kappa shape index (κ3) is 1.43. The van der Waals surface area contributed by atoms with Crippen molar-refractivity contribution in [2.45, 2.75) is 26.2 Å². The van der Waals surface area contributed by atoms with Gasteiger partial charge in [-0.05, 0) is 19.3 Å². The summed E-state index contributed by atoms with van der Waals surface area (Å²) in [6.45, 7) is 4.13. The zero-order chi connectivity index (χ0) is 9.42. The van der Waals surface area contributed by atoms with E-state index < -0.39 is 0 Å². The van der Waals surface area contributed by atoms with E-state index in [-0.39, 0.29) is 0 Å². The van der Waals surface area contributed by atoms with Gasteiger partial charge in [0.15, 0.2) is 5.82 Å². The third-order valence-corrected chi connectivity index (χ3v) is 2.57. The zero-order valence-corrected chi connectivity index (χ0v) is 7.91. The number of aromatic amines is 1. The Kier molecular flexibility index (Phi) is 1.83. The molecular weight excluding hydrogens is 164 g/mol. The van der Waals surface area contributed by atoms with Crippen LogP contribution in [0.2, 0.25) is 0 Å². The van der Waals surface area contributed by atoms with Gasteiger partial charge in [-0.2, -0.15) is 5.10 Å². The quantitative estimate of drug-likeness (QED) is 0.716. The number of hydrogen-bond donors (Lipinski definition) is 2. The monoisotopic (exact) mass is 178 g/mol. The van der Waals surface area contributed by atoms with Crippen molar-refractivity contribution in [1.29, 1.82) is 0 Å². The maximum absolute atomic E-state index is 5.38. The first-order valence-electron chi connectivity index (χ1n) is 4.53. The number of hydrogen-bond acceptors (Lipinski definition) is 3. The van der Waals surface area contributed by atoms with Gasteiger partial charge in [0.1, 0.15) is 5.82 Å². The molecule has 1 heterocycles. The summed E-state index contributed by atoms with van der Waals surface area (Å²) < 4.78 is 0. The molecule has 0 aromatic carbocycles. The first kappa shape index (κ1) is 8.29. The molecule has 0 bridgehead atoms. The van der Waals surface area contributed by atoms with Crippen molar-refractivity contribution in [3.05, 3.63) is 17.8 Å². The molecule has 0 aliphatic heterocycles. The predicted molar refractivity (Wildman–Crippen MR) is 50.7 cm³/mol. The van der Waals surface area contributed by atoms with E-state index in [1.165, 1.54) is 12.6 Å². The summed E-state index contributed by atoms with van der Waals surface area (Å²) in [5, 5.41) is 7.05. The summed E-state index contributed by atoms with van der Waals surface area (Å²) in [5.74, 6) is 3.06. The molecule has 13 heavy (non-hydrogen) atoms. The minimum Gasteiger partial charge on any atom is -0.404 e. The molecule has 1 saturated carbocycles. The molecule has 0 radical (unpaired) electrons. The van der Waals surface area contributed by atoms with Gasteiger partial charge in [-0.3, -0.25) is 5.10 Å². The Labute approximate surface area is 77.2 Å². The normalized spacial score (nSPS) is 27.7. The van der Waals surface area contributed by atoms with Crippen molar-refractivity contribution < 1.29 is 0 Å². The van der Waals surface area contributed by atoms with Gasteiger partial charge in [-0.1, -0.05) is 6.92 Å². The van der Waals surface area contributed by atoms with Crippen LogP contribution in [0.4, 0.5) is 0 Å². The van der Waals surface area contributed by atoms with Crippen LogP contribution in [0.15, 0.2) is 6.20 Å². The number of nitrogens with two attached hydrogens (primary N) is 1. The number of rotatable bonds is 2. The third-order valence-electron chi connectivity index (χ3n) is 2.57. The Hall–Kier alpha value is -1.32. The van der Waals surface area contributed by atoms with Crippen LogP contribution < -0.4 is 5.73 Å². The van der Waals surface area contributed by atoms with E-state index in [9.17, 15) is 0 Å². The highest BCUT2D eigenvalue weighted by molar-refractivity contribution is 5.56. The van der Waals surface area contributed by atoms with Crippen LogP contribution in [0, 0.1) is 5.92 Å². The van der Waals surface area contributed by atoms with Gasteiger partial charge in [0.05, 0.1) is 0 Å². The van der Waals surface area contributed by atoms with E-state index in [4.69, 9.17) is 5.73 Å². The molecule has 0 saturated heterocycles. The molecular formula is C9H14N4. The van der Waals surface area contributed by atoms with E-state index >= 15 is 0 Å². The molecule has 2 unspecified atom stereocenters. The second-order valence-electron chi connectivity index (χ2n) is 3.71. The summed E-state index contributed by atoms with van der Waals surface area (Å²) >= 11 is 0. The highest BCUT2D eigenvalue weighted by Crippen LogP contribution is 2.45. The number of H-pyrrole nitrogens is 1. The van der Waals surface area contributed by atoms with E-state index in [0.29, 0.717) is 5.92 Å².